The second-order valence-electron chi connectivity index (χ2n) is 4.08. The number of carbonyl (C=O) groups is 1. The summed E-state index contributed by atoms with van der Waals surface area (Å²) in [7, 11) is 1.57. The minimum Gasteiger partial charge on any atom is -0.495 e. The van der Waals surface area contributed by atoms with E-state index in [1.54, 1.807) is 25.3 Å². The molecule has 0 aromatic heterocycles. The molecule has 2 rings (SSSR count). The normalized spacial score (nSPS) is 10.3. The van der Waals surface area contributed by atoms with Crippen molar-refractivity contribution in [3.8, 4) is 5.75 Å². The van der Waals surface area contributed by atoms with Gasteiger partial charge in [0.1, 0.15) is 5.75 Å². The van der Waals surface area contributed by atoms with Gasteiger partial charge in [-0.05, 0) is 56.1 Å². The third-order valence-electron chi connectivity index (χ3n) is 2.61. The van der Waals surface area contributed by atoms with Crippen molar-refractivity contribution < 1.29 is 9.53 Å². The molecule has 0 bridgehead atoms. The topological polar surface area (TPSA) is 38.3 Å². The van der Waals surface area contributed by atoms with Gasteiger partial charge in [0, 0.05) is 25.0 Å². The molecule has 0 heterocycles. The minimum absolute atomic E-state index is 0.206. The zero-order valence-corrected chi connectivity index (χ0v) is 17.1. The molecule has 0 atom stereocenters. The van der Waals surface area contributed by atoms with Gasteiger partial charge in [0.05, 0.1) is 17.3 Å². The minimum atomic E-state index is -0.206. The predicted octanol–water partition coefficient (Wildman–Crippen LogP) is 6.00. The summed E-state index contributed by atoms with van der Waals surface area (Å²) in [6.07, 6.45) is 0. The van der Waals surface area contributed by atoms with Crippen LogP contribution in [0.2, 0.25) is 0 Å². The maximum atomic E-state index is 12.3. The quantitative estimate of drug-likeness (QED) is 0.517. The van der Waals surface area contributed by atoms with Gasteiger partial charge >= 0.3 is 0 Å². The molecule has 0 saturated heterocycles. The molecule has 2 aromatic rings. The van der Waals surface area contributed by atoms with Crippen LogP contribution >= 0.6 is 63.7 Å². The van der Waals surface area contributed by atoms with Gasteiger partial charge in [-0.3, -0.25) is 4.79 Å². The van der Waals surface area contributed by atoms with E-state index < -0.39 is 0 Å². The summed E-state index contributed by atoms with van der Waals surface area (Å²) < 4.78 is 8.46. The second kappa shape index (κ2) is 7.26. The summed E-state index contributed by atoms with van der Waals surface area (Å²) in [6.45, 7) is 0. The fourth-order valence-corrected chi connectivity index (χ4v) is 4.21. The summed E-state index contributed by atoms with van der Waals surface area (Å²) in [5, 5.41) is 2.85. The standard InChI is InChI=1S/C14H9Br4NO2/c1-21-13-6-12(10(17)5-11(13)18)19-14(20)7-2-8(15)4-9(16)3-7/h2-6H,1H3,(H,19,20). The van der Waals surface area contributed by atoms with Crippen molar-refractivity contribution in [2.24, 2.45) is 0 Å². The summed E-state index contributed by atoms with van der Waals surface area (Å²) in [5.74, 6) is 0.436. The smallest absolute Gasteiger partial charge is 0.255 e. The molecule has 0 aliphatic carbocycles. The van der Waals surface area contributed by atoms with Crippen LogP contribution in [0.1, 0.15) is 10.4 Å². The zero-order chi connectivity index (χ0) is 15.6. The highest BCUT2D eigenvalue weighted by molar-refractivity contribution is 9.11. The Morgan fingerprint density at radius 3 is 2.14 bits per heavy atom. The van der Waals surface area contributed by atoms with Crippen LogP contribution < -0.4 is 10.1 Å². The lowest BCUT2D eigenvalue weighted by Crippen LogP contribution is -2.12. The van der Waals surface area contributed by atoms with Crippen molar-refractivity contribution >= 4 is 75.3 Å². The van der Waals surface area contributed by atoms with E-state index in [0.717, 1.165) is 17.9 Å². The van der Waals surface area contributed by atoms with Gasteiger partial charge in [-0.15, -0.1) is 0 Å². The summed E-state index contributed by atoms with van der Waals surface area (Å²) >= 11 is 13.5. The predicted molar refractivity (Wildman–Crippen MR) is 98.2 cm³/mol. The highest BCUT2D eigenvalue weighted by Crippen LogP contribution is 2.34. The average molecular weight is 543 g/mol. The van der Waals surface area contributed by atoms with E-state index in [4.69, 9.17) is 4.74 Å². The Balaban J connectivity index is 2.31. The molecule has 2 aromatic carbocycles. The number of methoxy groups -OCH3 is 1. The van der Waals surface area contributed by atoms with Crippen molar-refractivity contribution in [1.82, 2.24) is 0 Å². The third kappa shape index (κ3) is 4.31. The third-order valence-corrected chi connectivity index (χ3v) is 4.81. The van der Waals surface area contributed by atoms with Gasteiger partial charge < -0.3 is 10.1 Å². The van der Waals surface area contributed by atoms with E-state index in [0.29, 0.717) is 17.0 Å². The number of carbonyl (C=O) groups excluding carboxylic acids is 1. The first kappa shape index (κ1) is 17.0. The van der Waals surface area contributed by atoms with E-state index >= 15 is 0 Å². The Labute approximate surface area is 156 Å². The van der Waals surface area contributed by atoms with E-state index in [1.807, 2.05) is 12.1 Å². The number of ether oxygens (including phenoxy) is 1. The lowest BCUT2D eigenvalue weighted by Gasteiger charge is -2.11. The Hall–Kier alpha value is -0.370. The van der Waals surface area contributed by atoms with Crippen LogP contribution in [-0.2, 0) is 0 Å². The van der Waals surface area contributed by atoms with Gasteiger partial charge in [-0.1, -0.05) is 31.9 Å². The number of benzene rings is 2. The monoisotopic (exact) mass is 539 g/mol. The number of anilines is 1. The molecule has 0 saturated carbocycles. The molecule has 0 aliphatic heterocycles. The molecule has 0 spiro atoms. The molecule has 21 heavy (non-hydrogen) atoms. The first-order valence-electron chi connectivity index (χ1n) is 5.71. The van der Waals surface area contributed by atoms with Gasteiger partial charge in [0.25, 0.3) is 5.91 Å². The van der Waals surface area contributed by atoms with Crippen molar-refractivity contribution in [2.75, 3.05) is 12.4 Å². The van der Waals surface area contributed by atoms with Crippen molar-refractivity contribution in [3.63, 3.8) is 0 Å². The molecular weight excluding hydrogens is 534 g/mol. The molecule has 0 aliphatic rings. The first-order chi connectivity index (χ1) is 9.90. The van der Waals surface area contributed by atoms with Crippen LogP contribution in [0.3, 0.4) is 0 Å². The van der Waals surface area contributed by atoms with Crippen molar-refractivity contribution in [2.45, 2.75) is 0 Å². The zero-order valence-electron chi connectivity index (χ0n) is 10.7. The number of nitrogens with one attached hydrogen (secondary N) is 1. The molecule has 1 N–H and O–H groups in total. The van der Waals surface area contributed by atoms with Crippen LogP contribution in [0, 0.1) is 0 Å². The molecule has 7 heteroatoms. The molecule has 3 nitrogen and oxygen atoms in total. The molecule has 0 radical (unpaired) electrons. The summed E-state index contributed by atoms with van der Waals surface area (Å²) in [6, 6.07) is 8.95. The van der Waals surface area contributed by atoms with Crippen molar-refractivity contribution in [1.29, 1.82) is 0 Å². The maximum absolute atomic E-state index is 12.3. The van der Waals surface area contributed by atoms with E-state index in [-0.39, 0.29) is 5.91 Å². The lowest BCUT2D eigenvalue weighted by atomic mass is 10.2. The summed E-state index contributed by atoms with van der Waals surface area (Å²) in [5.41, 5.74) is 1.18. The van der Waals surface area contributed by atoms with Crippen LogP contribution in [0.15, 0.2) is 48.2 Å². The highest BCUT2D eigenvalue weighted by atomic mass is 79.9. The Bertz CT molecular complexity index is 683. The number of amides is 1. The van der Waals surface area contributed by atoms with Gasteiger partial charge in [0.15, 0.2) is 0 Å². The first-order valence-corrected chi connectivity index (χ1v) is 8.88. The SMILES string of the molecule is COc1cc(NC(=O)c2cc(Br)cc(Br)c2)c(Br)cc1Br. The van der Waals surface area contributed by atoms with Crippen LogP contribution in [-0.4, -0.2) is 13.0 Å². The fourth-order valence-electron chi connectivity index (χ4n) is 1.66. The van der Waals surface area contributed by atoms with Crippen molar-refractivity contribution in [3.05, 3.63) is 53.8 Å². The van der Waals surface area contributed by atoms with E-state index in [2.05, 4.69) is 69.0 Å². The van der Waals surface area contributed by atoms with Crippen LogP contribution in [0.5, 0.6) is 5.75 Å². The number of rotatable bonds is 3. The fraction of sp³-hybridized carbons (Fsp3) is 0.0714. The molecule has 1 amide bonds. The number of hydrogen-bond donors (Lipinski definition) is 1. The van der Waals surface area contributed by atoms with E-state index in [1.165, 1.54) is 0 Å². The number of hydrogen-bond acceptors (Lipinski definition) is 2. The largest absolute Gasteiger partial charge is 0.495 e. The Morgan fingerprint density at radius 1 is 0.952 bits per heavy atom. The van der Waals surface area contributed by atoms with E-state index in [9.17, 15) is 4.79 Å². The average Bonchev–Trinajstić information content (AvgIpc) is 2.40. The highest BCUT2D eigenvalue weighted by Gasteiger charge is 2.12. The molecule has 0 unspecified atom stereocenters. The van der Waals surface area contributed by atoms with Crippen LogP contribution in [0.4, 0.5) is 5.69 Å². The second-order valence-corrected chi connectivity index (χ2v) is 7.62. The molecule has 0 fully saturated rings. The Kier molecular flexibility index (Phi) is 5.88. The van der Waals surface area contributed by atoms with Gasteiger partial charge in [0.2, 0.25) is 0 Å². The Morgan fingerprint density at radius 2 is 1.57 bits per heavy atom. The lowest BCUT2D eigenvalue weighted by molar-refractivity contribution is 0.102. The van der Waals surface area contributed by atoms with Crippen LogP contribution in [0.25, 0.3) is 0 Å². The molecule has 110 valence electrons. The number of halogens is 4. The summed E-state index contributed by atoms with van der Waals surface area (Å²) in [4.78, 5) is 12.3. The van der Waals surface area contributed by atoms with Gasteiger partial charge in [-0.2, -0.15) is 0 Å². The van der Waals surface area contributed by atoms with Gasteiger partial charge in [-0.25, -0.2) is 0 Å². The maximum Gasteiger partial charge on any atom is 0.255 e. The molecular formula is C14H9Br4NO2.